The Hall–Kier alpha value is -2.88. The van der Waals surface area contributed by atoms with Crippen molar-refractivity contribution in [3.63, 3.8) is 0 Å². The molecule has 0 spiro atoms. The number of amides is 1. The molecule has 1 amide bonds. The summed E-state index contributed by atoms with van der Waals surface area (Å²) >= 11 is 0.935. The summed E-state index contributed by atoms with van der Waals surface area (Å²) in [7, 11) is 3.01. The number of halogens is 1. The minimum absolute atomic E-state index is 0.0301. The molecule has 0 bridgehead atoms. The predicted molar refractivity (Wildman–Crippen MR) is 95.8 cm³/mol. The maximum Gasteiger partial charge on any atom is 0.251 e. The Morgan fingerprint density at radius 3 is 2.85 bits per heavy atom. The van der Waals surface area contributed by atoms with Crippen LogP contribution in [0, 0.1) is 5.82 Å². The molecule has 1 aliphatic rings. The highest BCUT2D eigenvalue weighted by Crippen LogP contribution is 2.37. The van der Waals surface area contributed by atoms with Crippen LogP contribution < -0.4 is 23.8 Å². The molecule has 10 heteroatoms. The first kappa shape index (κ1) is 17.9. The van der Waals surface area contributed by atoms with Crippen LogP contribution in [0.5, 0.6) is 17.2 Å². The fraction of sp³-hybridized carbons (Fsp3) is 0.250. The van der Waals surface area contributed by atoms with Crippen molar-refractivity contribution < 1.29 is 23.8 Å². The summed E-state index contributed by atoms with van der Waals surface area (Å²) < 4.78 is 28.8. The molecule has 1 saturated heterocycles. The largest absolute Gasteiger partial charge is 0.506 e. The molecule has 2 aromatic rings. The van der Waals surface area contributed by atoms with Gasteiger partial charge in [0, 0.05) is 18.8 Å². The van der Waals surface area contributed by atoms with Crippen LogP contribution in [0.1, 0.15) is 5.56 Å². The number of benzene rings is 1. The zero-order chi connectivity index (χ0) is 18.7. The number of carbonyl (C=O) groups excluding carboxylic acids is 1. The van der Waals surface area contributed by atoms with Gasteiger partial charge in [-0.25, -0.2) is 9.37 Å². The van der Waals surface area contributed by atoms with Crippen LogP contribution in [0.4, 0.5) is 15.9 Å². The number of hydrogen-bond acceptors (Lipinski definition) is 8. The van der Waals surface area contributed by atoms with E-state index < -0.39 is 5.82 Å². The van der Waals surface area contributed by atoms with Crippen LogP contribution >= 0.6 is 12.1 Å². The summed E-state index contributed by atoms with van der Waals surface area (Å²) in [4.78, 5) is 15.4. The van der Waals surface area contributed by atoms with Crippen molar-refractivity contribution in [2.75, 3.05) is 30.4 Å². The molecular formula is C16H17FN4O4S. The zero-order valence-electron chi connectivity index (χ0n) is 14.1. The van der Waals surface area contributed by atoms with Crippen molar-refractivity contribution in [1.82, 2.24) is 9.71 Å². The monoisotopic (exact) mass is 380 g/mol. The zero-order valence-corrected chi connectivity index (χ0v) is 14.9. The van der Waals surface area contributed by atoms with Gasteiger partial charge >= 0.3 is 0 Å². The summed E-state index contributed by atoms with van der Waals surface area (Å²) in [5.41, 5.74) is 0.466. The third-order valence-electron chi connectivity index (χ3n) is 3.66. The second kappa shape index (κ2) is 7.56. The molecule has 8 nitrogen and oxygen atoms in total. The van der Waals surface area contributed by atoms with Gasteiger partial charge < -0.3 is 19.9 Å². The van der Waals surface area contributed by atoms with E-state index in [0.29, 0.717) is 22.9 Å². The van der Waals surface area contributed by atoms with Gasteiger partial charge in [0.25, 0.3) is 5.91 Å². The summed E-state index contributed by atoms with van der Waals surface area (Å²) in [6.45, 7) is 0.170. The SMILES string of the molecule is COc1ccnc(NCc2cc(O)c(N3CC(=O)NS3)c(F)c2)c1OC. The highest BCUT2D eigenvalue weighted by atomic mass is 32.2. The topological polar surface area (TPSA) is 96.0 Å². The number of nitrogens with zero attached hydrogens (tertiary/aromatic N) is 2. The lowest BCUT2D eigenvalue weighted by Crippen LogP contribution is -2.16. The smallest absolute Gasteiger partial charge is 0.251 e. The standard InChI is InChI=1S/C16H17FN4O4S/c1-24-12-3-4-18-16(15(12)25-2)19-7-9-5-10(17)14(11(22)6-9)21-8-13(23)20-26-21/h3-6,22H,7-8H2,1-2H3,(H,18,19)(H,20,23). The molecule has 0 aliphatic carbocycles. The number of methoxy groups -OCH3 is 2. The molecule has 1 aromatic heterocycles. The van der Waals surface area contributed by atoms with E-state index >= 15 is 0 Å². The Bertz CT molecular complexity index is 813. The average molecular weight is 380 g/mol. The van der Waals surface area contributed by atoms with Gasteiger partial charge in [0.05, 0.1) is 26.4 Å². The van der Waals surface area contributed by atoms with Gasteiger partial charge in [0.1, 0.15) is 18.0 Å². The molecular weight excluding hydrogens is 363 g/mol. The number of ether oxygens (including phenoxy) is 2. The molecule has 0 saturated carbocycles. The number of aromatic nitrogens is 1. The van der Waals surface area contributed by atoms with E-state index in [-0.39, 0.29) is 30.4 Å². The fourth-order valence-corrected chi connectivity index (χ4v) is 3.24. The van der Waals surface area contributed by atoms with Gasteiger partial charge in [-0.3, -0.25) is 13.8 Å². The lowest BCUT2D eigenvalue weighted by molar-refractivity contribution is -0.117. The van der Waals surface area contributed by atoms with E-state index in [4.69, 9.17) is 9.47 Å². The molecule has 0 radical (unpaired) electrons. The van der Waals surface area contributed by atoms with Crippen LogP contribution in [0.15, 0.2) is 24.4 Å². The van der Waals surface area contributed by atoms with Crippen molar-refractivity contribution in [3.05, 3.63) is 35.8 Å². The second-order valence-corrected chi connectivity index (χ2v) is 6.17. The molecule has 2 heterocycles. The maximum atomic E-state index is 14.4. The van der Waals surface area contributed by atoms with Gasteiger partial charge in [0.2, 0.25) is 5.75 Å². The molecule has 26 heavy (non-hydrogen) atoms. The Kier molecular flexibility index (Phi) is 5.21. The molecule has 138 valence electrons. The number of phenolic OH excluding ortho intramolecular Hbond substituents is 1. The number of hydrogen-bond donors (Lipinski definition) is 3. The first-order valence-electron chi connectivity index (χ1n) is 7.59. The number of nitrogens with one attached hydrogen (secondary N) is 2. The normalized spacial score (nSPS) is 13.5. The van der Waals surface area contributed by atoms with Crippen molar-refractivity contribution in [2.45, 2.75) is 6.54 Å². The van der Waals surface area contributed by atoms with E-state index in [1.165, 1.54) is 30.7 Å². The number of rotatable bonds is 6. The van der Waals surface area contributed by atoms with Gasteiger partial charge in [0.15, 0.2) is 17.4 Å². The van der Waals surface area contributed by atoms with E-state index in [9.17, 15) is 14.3 Å². The summed E-state index contributed by atoms with van der Waals surface area (Å²) in [5, 5.41) is 13.2. The summed E-state index contributed by atoms with van der Waals surface area (Å²) in [6, 6.07) is 4.38. The molecule has 1 aliphatic heterocycles. The van der Waals surface area contributed by atoms with Crippen molar-refractivity contribution >= 4 is 29.5 Å². The number of anilines is 2. The third kappa shape index (κ3) is 3.54. The number of pyridine rings is 1. The average Bonchev–Trinajstić information content (AvgIpc) is 3.04. The van der Waals surface area contributed by atoms with E-state index in [1.807, 2.05) is 0 Å². The molecule has 3 rings (SSSR count). The molecule has 1 aromatic carbocycles. The van der Waals surface area contributed by atoms with Gasteiger partial charge in [-0.2, -0.15) is 0 Å². The third-order valence-corrected chi connectivity index (χ3v) is 4.51. The molecule has 3 N–H and O–H groups in total. The summed E-state index contributed by atoms with van der Waals surface area (Å²) in [5.74, 6) is 0.233. The van der Waals surface area contributed by atoms with Crippen LogP contribution in [0.2, 0.25) is 0 Å². The molecule has 1 fully saturated rings. The highest BCUT2D eigenvalue weighted by molar-refractivity contribution is 7.99. The van der Waals surface area contributed by atoms with Gasteiger partial charge in [-0.05, 0) is 17.7 Å². The van der Waals surface area contributed by atoms with Crippen molar-refractivity contribution in [1.29, 1.82) is 0 Å². The Labute approximate surface area is 153 Å². The number of aromatic hydroxyl groups is 1. The second-order valence-electron chi connectivity index (χ2n) is 5.35. The van der Waals surface area contributed by atoms with E-state index in [1.54, 1.807) is 12.3 Å². The van der Waals surface area contributed by atoms with E-state index in [2.05, 4.69) is 15.0 Å². The lowest BCUT2D eigenvalue weighted by Gasteiger charge is -2.17. The predicted octanol–water partition coefficient (Wildman–Crippen LogP) is 2.05. The van der Waals surface area contributed by atoms with Crippen LogP contribution in [0.3, 0.4) is 0 Å². The van der Waals surface area contributed by atoms with Crippen LogP contribution in [-0.4, -0.2) is 36.8 Å². The van der Waals surface area contributed by atoms with Crippen molar-refractivity contribution in [2.24, 2.45) is 0 Å². The maximum absolute atomic E-state index is 14.4. The van der Waals surface area contributed by atoms with Crippen molar-refractivity contribution in [3.8, 4) is 17.2 Å². The Balaban J connectivity index is 1.78. The molecule has 0 unspecified atom stereocenters. The highest BCUT2D eigenvalue weighted by Gasteiger charge is 2.26. The lowest BCUT2D eigenvalue weighted by atomic mass is 10.1. The molecule has 0 atom stereocenters. The Morgan fingerprint density at radius 2 is 2.23 bits per heavy atom. The fourth-order valence-electron chi connectivity index (χ4n) is 2.51. The van der Waals surface area contributed by atoms with Crippen LogP contribution in [-0.2, 0) is 11.3 Å². The van der Waals surface area contributed by atoms with E-state index in [0.717, 1.165) is 12.1 Å². The number of phenols is 1. The first-order chi connectivity index (χ1) is 12.5. The minimum atomic E-state index is -0.628. The quantitative estimate of drug-likeness (QED) is 0.656. The minimum Gasteiger partial charge on any atom is -0.506 e. The summed E-state index contributed by atoms with van der Waals surface area (Å²) in [6.07, 6.45) is 1.56. The number of carbonyl (C=O) groups is 1. The first-order valence-corrected chi connectivity index (χ1v) is 8.36. The van der Waals surface area contributed by atoms with Crippen LogP contribution in [0.25, 0.3) is 0 Å². The van der Waals surface area contributed by atoms with Gasteiger partial charge in [-0.1, -0.05) is 0 Å². The Morgan fingerprint density at radius 1 is 1.42 bits per heavy atom. The van der Waals surface area contributed by atoms with Gasteiger partial charge in [-0.15, -0.1) is 0 Å².